The highest BCUT2D eigenvalue weighted by Crippen LogP contribution is 2.21. The van der Waals surface area contributed by atoms with Crippen molar-refractivity contribution in [3.05, 3.63) is 64.7 Å². The van der Waals surface area contributed by atoms with Crippen molar-refractivity contribution in [1.29, 1.82) is 0 Å². The van der Waals surface area contributed by atoms with Crippen LogP contribution in [0.15, 0.2) is 42.7 Å². The van der Waals surface area contributed by atoms with Gasteiger partial charge in [-0.05, 0) is 48.2 Å². The Kier molecular flexibility index (Phi) is 6.14. The van der Waals surface area contributed by atoms with Gasteiger partial charge in [0.1, 0.15) is 11.5 Å². The molecule has 0 aliphatic carbocycles. The molecule has 0 fully saturated rings. The summed E-state index contributed by atoms with van der Waals surface area (Å²) in [5.74, 6) is -0.781. The highest BCUT2D eigenvalue weighted by Gasteiger charge is 2.15. The number of halogens is 2. The summed E-state index contributed by atoms with van der Waals surface area (Å²) in [6.45, 7) is 3.23. The van der Waals surface area contributed by atoms with Crippen LogP contribution in [0.1, 0.15) is 24.5 Å². The lowest BCUT2D eigenvalue weighted by Crippen LogP contribution is -2.27. The van der Waals surface area contributed by atoms with Gasteiger partial charge in [0.2, 0.25) is 10.0 Å². The van der Waals surface area contributed by atoms with Gasteiger partial charge in [-0.3, -0.25) is 0 Å². The summed E-state index contributed by atoms with van der Waals surface area (Å²) < 4.78 is 42.4. The first-order valence-electron chi connectivity index (χ1n) is 8.73. The molecule has 0 aliphatic rings. The standard InChI is InChI=1S/C19H21ClFN3O2S/c1-2-10-24-12-14(17-4-3-8-22-19(17)24)7-9-23-27(25,26)13-15-5-6-16(21)11-18(15)20/h3-6,8,11-12,23H,2,7,9-10,13H2,1H3. The molecular weight excluding hydrogens is 389 g/mol. The first-order valence-corrected chi connectivity index (χ1v) is 10.8. The zero-order valence-electron chi connectivity index (χ0n) is 15.0. The van der Waals surface area contributed by atoms with E-state index in [0.29, 0.717) is 12.0 Å². The summed E-state index contributed by atoms with van der Waals surface area (Å²) in [4.78, 5) is 4.43. The van der Waals surface area contributed by atoms with Gasteiger partial charge >= 0.3 is 0 Å². The highest BCUT2D eigenvalue weighted by molar-refractivity contribution is 7.88. The SMILES string of the molecule is CCCn1cc(CCNS(=O)(=O)Cc2ccc(F)cc2Cl)c2cccnc21. The number of hydrogen-bond acceptors (Lipinski definition) is 3. The minimum atomic E-state index is -3.58. The number of benzene rings is 1. The summed E-state index contributed by atoms with van der Waals surface area (Å²) in [5, 5.41) is 1.14. The van der Waals surface area contributed by atoms with E-state index in [0.717, 1.165) is 35.6 Å². The molecule has 1 aromatic carbocycles. The summed E-state index contributed by atoms with van der Waals surface area (Å²) in [5.41, 5.74) is 2.33. The summed E-state index contributed by atoms with van der Waals surface area (Å²) in [6, 6.07) is 7.58. The summed E-state index contributed by atoms with van der Waals surface area (Å²) in [7, 11) is -3.58. The molecule has 144 valence electrons. The molecular formula is C19H21ClFN3O2S. The van der Waals surface area contributed by atoms with Gasteiger partial charge in [0.25, 0.3) is 0 Å². The van der Waals surface area contributed by atoms with Gasteiger partial charge in [0, 0.05) is 35.9 Å². The Morgan fingerprint density at radius 2 is 2.07 bits per heavy atom. The Balaban J connectivity index is 1.68. The molecule has 2 aromatic heterocycles. The topological polar surface area (TPSA) is 64.0 Å². The van der Waals surface area contributed by atoms with E-state index < -0.39 is 15.8 Å². The van der Waals surface area contributed by atoms with Crippen molar-refractivity contribution in [2.75, 3.05) is 6.54 Å². The first kappa shape index (κ1) is 19.8. The molecule has 0 atom stereocenters. The average molecular weight is 410 g/mol. The molecule has 3 aromatic rings. The van der Waals surface area contributed by atoms with E-state index in [1.54, 1.807) is 6.20 Å². The Morgan fingerprint density at radius 1 is 1.26 bits per heavy atom. The smallest absolute Gasteiger partial charge is 0.215 e. The van der Waals surface area contributed by atoms with E-state index >= 15 is 0 Å². The molecule has 3 rings (SSSR count). The van der Waals surface area contributed by atoms with Crippen molar-refractivity contribution in [2.24, 2.45) is 0 Å². The Bertz CT molecular complexity index is 1050. The Hall–Kier alpha value is -1.96. The van der Waals surface area contributed by atoms with Crippen LogP contribution in [0.5, 0.6) is 0 Å². The van der Waals surface area contributed by atoms with Crippen LogP contribution in [-0.2, 0) is 28.7 Å². The highest BCUT2D eigenvalue weighted by atomic mass is 35.5. The molecule has 0 unspecified atom stereocenters. The quantitative estimate of drug-likeness (QED) is 0.613. The zero-order chi connectivity index (χ0) is 19.4. The fourth-order valence-electron chi connectivity index (χ4n) is 3.04. The van der Waals surface area contributed by atoms with Crippen molar-refractivity contribution < 1.29 is 12.8 Å². The van der Waals surface area contributed by atoms with E-state index in [4.69, 9.17) is 11.6 Å². The number of sulfonamides is 1. The van der Waals surface area contributed by atoms with Gasteiger partial charge in [-0.25, -0.2) is 22.5 Å². The average Bonchev–Trinajstić information content (AvgIpc) is 2.96. The number of pyridine rings is 1. The van der Waals surface area contributed by atoms with E-state index in [1.165, 1.54) is 12.1 Å². The Labute approximate surface area is 163 Å². The maximum absolute atomic E-state index is 13.1. The zero-order valence-corrected chi connectivity index (χ0v) is 16.5. The van der Waals surface area contributed by atoms with E-state index in [2.05, 4.69) is 21.2 Å². The third kappa shape index (κ3) is 4.86. The molecule has 0 saturated carbocycles. The largest absolute Gasteiger partial charge is 0.332 e. The number of rotatable bonds is 8. The van der Waals surface area contributed by atoms with Crippen molar-refractivity contribution >= 4 is 32.7 Å². The van der Waals surface area contributed by atoms with Gasteiger partial charge < -0.3 is 4.57 Å². The lowest BCUT2D eigenvalue weighted by atomic mass is 10.2. The number of aromatic nitrogens is 2. The summed E-state index contributed by atoms with van der Waals surface area (Å²) in [6.07, 6.45) is 5.33. The summed E-state index contributed by atoms with van der Waals surface area (Å²) >= 11 is 5.92. The third-order valence-corrected chi connectivity index (χ3v) is 5.94. The van der Waals surface area contributed by atoms with E-state index in [-0.39, 0.29) is 17.3 Å². The predicted molar refractivity (Wildman–Crippen MR) is 106 cm³/mol. The van der Waals surface area contributed by atoms with Crippen LogP contribution < -0.4 is 4.72 Å². The van der Waals surface area contributed by atoms with E-state index in [1.807, 2.05) is 18.3 Å². The van der Waals surface area contributed by atoms with Gasteiger partial charge in [-0.1, -0.05) is 24.6 Å². The second-order valence-electron chi connectivity index (χ2n) is 6.36. The maximum Gasteiger partial charge on any atom is 0.215 e. The second-order valence-corrected chi connectivity index (χ2v) is 8.58. The molecule has 8 heteroatoms. The van der Waals surface area contributed by atoms with E-state index in [9.17, 15) is 12.8 Å². The lowest BCUT2D eigenvalue weighted by molar-refractivity contribution is 0.580. The molecule has 27 heavy (non-hydrogen) atoms. The van der Waals surface area contributed by atoms with Crippen LogP contribution in [0.25, 0.3) is 11.0 Å². The first-order chi connectivity index (χ1) is 12.9. The molecule has 1 N–H and O–H groups in total. The minimum Gasteiger partial charge on any atom is -0.332 e. The molecule has 0 saturated heterocycles. The second kappa shape index (κ2) is 8.37. The van der Waals surface area contributed by atoms with Gasteiger partial charge in [0.15, 0.2) is 0 Å². The Morgan fingerprint density at radius 3 is 2.81 bits per heavy atom. The third-order valence-electron chi connectivity index (χ3n) is 4.26. The number of nitrogens with one attached hydrogen (secondary N) is 1. The van der Waals surface area contributed by atoms with Crippen LogP contribution in [0.4, 0.5) is 4.39 Å². The number of aryl methyl sites for hydroxylation is 1. The molecule has 2 heterocycles. The van der Waals surface area contributed by atoms with Gasteiger partial charge in [0.05, 0.1) is 5.75 Å². The molecule has 0 spiro atoms. The molecule has 0 bridgehead atoms. The fourth-order valence-corrected chi connectivity index (χ4v) is 4.53. The van der Waals surface area contributed by atoms with Crippen molar-refractivity contribution in [1.82, 2.24) is 14.3 Å². The molecule has 5 nitrogen and oxygen atoms in total. The molecule has 0 amide bonds. The van der Waals surface area contributed by atoms with Crippen LogP contribution in [0, 0.1) is 5.82 Å². The number of fused-ring (bicyclic) bond motifs is 1. The van der Waals surface area contributed by atoms with Gasteiger partial charge in [-0.15, -0.1) is 0 Å². The number of nitrogens with zero attached hydrogens (tertiary/aromatic N) is 2. The fraction of sp³-hybridized carbons (Fsp3) is 0.316. The maximum atomic E-state index is 13.1. The van der Waals surface area contributed by atoms with Crippen LogP contribution in [-0.4, -0.2) is 24.5 Å². The number of hydrogen-bond donors (Lipinski definition) is 1. The van der Waals surface area contributed by atoms with Crippen LogP contribution in [0.2, 0.25) is 5.02 Å². The molecule has 0 aliphatic heterocycles. The predicted octanol–water partition coefficient (Wildman–Crippen LogP) is 3.90. The van der Waals surface area contributed by atoms with Crippen molar-refractivity contribution in [3.8, 4) is 0 Å². The van der Waals surface area contributed by atoms with Gasteiger partial charge in [-0.2, -0.15) is 0 Å². The lowest BCUT2D eigenvalue weighted by Gasteiger charge is -2.08. The normalized spacial score (nSPS) is 12.0. The van der Waals surface area contributed by atoms with Crippen molar-refractivity contribution in [3.63, 3.8) is 0 Å². The minimum absolute atomic E-state index is 0.106. The monoisotopic (exact) mass is 409 g/mol. The van der Waals surface area contributed by atoms with Crippen LogP contribution in [0.3, 0.4) is 0 Å². The molecule has 0 radical (unpaired) electrons. The van der Waals surface area contributed by atoms with Crippen LogP contribution >= 0.6 is 11.6 Å². The van der Waals surface area contributed by atoms with Crippen molar-refractivity contribution in [2.45, 2.75) is 32.1 Å².